The summed E-state index contributed by atoms with van der Waals surface area (Å²) in [5, 5.41) is 3.31. The van der Waals surface area contributed by atoms with Gasteiger partial charge < -0.3 is 5.32 Å². The third-order valence-corrected chi connectivity index (χ3v) is 3.84. The van der Waals surface area contributed by atoms with E-state index in [2.05, 4.69) is 42.3 Å². The number of aryl methyl sites for hydroxylation is 4. The topological polar surface area (TPSA) is 46.9 Å². The standard InChI is InChI=1S/C17H23N3O/c1-11-6-7-15(12(2)8-11)16(18-5)10-20-14(4)19-13(3)9-17(20)21/h6-9,16,18H,10H2,1-5H3. The van der Waals surface area contributed by atoms with Gasteiger partial charge in [0, 0.05) is 18.3 Å². The fourth-order valence-corrected chi connectivity index (χ4v) is 2.73. The SMILES string of the molecule is CNC(Cn1c(C)nc(C)cc1=O)c1ccc(C)cc1C. The molecule has 0 saturated heterocycles. The van der Waals surface area contributed by atoms with Gasteiger partial charge in [-0.2, -0.15) is 0 Å². The highest BCUT2D eigenvalue weighted by Gasteiger charge is 2.15. The van der Waals surface area contributed by atoms with Crippen LogP contribution in [0.25, 0.3) is 0 Å². The van der Waals surface area contributed by atoms with Gasteiger partial charge in [-0.3, -0.25) is 9.36 Å². The van der Waals surface area contributed by atoms with Crippen LogP contribution < -0.4 is 10.9 Å². The number of nitrogens with zero attached hydrogens (tertiary/aromatic N) is 2. The number of likely N-dealkylation sites (N-methyl/N-ethyl adjacent to an activating group) is 1. The minimum Gasteiger partial charge on any atom is -0.312 e. The molecule has 1 unspecified atom stereocenters. The van der Waals surface area contributed by atoms with Gasteiger partial charge in [0.2, 0.25) is 0 Å². The first-order valence-electron chi connectivity index (χ1n) is 7.22. The molecule has 0 aliphatic heterocycles. The van der Waals surface area contributed by atoms with Gasteiger partial charge in [-0.15, -0.1) is 0 Å². The van der Waals surface area contributed by atoms with Gasteiger partial charge in [-0.1, -0.05) is 23.8 Å². The second-order valence-corrected chi connectivity index (χ2v) is 5.59. The smallest absolute Gasteiger partial charge is 0.253 e. The molecule has 0 aliphatic carbocycles. The monoisotopic (exact) mass is 285 g/mol. The Morgan fingerprint density at radius 1 is 1.19 bits per heavy atom. The van der Waals surface area contributed by atoms with E-state index in [1.54, 1.807) is 10.6 Å². The normalized spacial score (nSPS) is 12.4. The quantitative estimate of drug-likeness (QED) is 0.938. The van der Waals surface area contributed by atoms with Crippen molar-refractivity contribution in [2.24, 2.45) is 0 Å². The van der Waals surface area contributed by atoms with E-state index in [9.17, 15) is 4.79 Å². The molecule has 1 N–H and O–H groups in total. The molecule has 1 aromatic carbocycles. The molecule has 0 amide bonds. The Balaban J connectivity index is 2.38. The molecule has 0 aliphatic rings. The lowest BCUT2D eigenvalue weighted by Gasteiger charge is -2.21. The predicted octanol–water partition coefficient (Wildman–Crippen LogP) is 2.44. The molecule has 0 spiro atoms. The number of hydrogen-bond donors (Lipinski definition) is 1. The average molecular weight is 285 g/mol. The minimum absolute atomic E-state index is 0.00464. The third kappa shape index (κ3) is 3.39. The molecule has 4 heteroatoms. The molecule has 1 heterocycles. The van der Waals surface area contributed by atoms with Crippen molar-refractivity contribution in [2.75, 3.05) is 7.05 Å². The number of hydrogen-bond acceptors (Lipinski definition) is 3. The summed E-state index contributed by atoms with van der Waals surface area (Å²) in [6.45, 7) is 8.50. The molecule has 21 heavy (non-hydrogen) atoms. The van der Waals surface area contributed by atoms with Gasteiger partial charge in [0.1, 0.15) is 5.82 Å². The van der Waals surface area contributed by atoms with E-state index in [1.165, 1.54) is 16.7 Å². The van der Waals surface area contributed by atoms with E-state index in [4.69, 9.17) is 0 Å². The van der Waals surface area contributed by atoms with E-state index < -0.39 is 0 Å². The highest BCUT2D eigenvalue weighted by Crippen LogP contribution is 2.20. The van der Waals surface area contributed by atoms with Crippen LogP contribution in [-0.2, 0) is 6.54 Å². The van der Waals surface area contributed by atoms with Gasteiger partial charge in [-0.25, -0.2) is 4.98 Å². The summed E-state index contributed by atoms with van der Waals surface area (Å²) >= 11 is 0. The predicted molar refractivity (Wildman–Crippen MR) is 85.7 cm³/mol. The Bertz CT molecular complexity index is 704. The van der Waals surface area contributed by atoms with Crippen LogP contribution in [0.1, 0.15) is 34.3 Å². The Hall–Kier alpha value is -1.94. The maximum absolute atomic E-state index is 12.2. The Morgan fingerprint density at radius 2 is 1.90 bits per heavy atom. The summed E-state index contributed by atoms with van der Waals surface area (Å²) in [4.78, 5) is 16.6. The molecule has 0 fully saturated rings. The zero-order valence-corrected chi connectivity index (χ0v) is 13.4. The highest BCUT2D eigenvalue weighted by molar-refractivity contribution is 5.32. The van der Waals surface area contributed by atoms with Gasteiger partial charge in [0.15, 0.2) is 0 Å². The molecule has 0 radical (unpaired) electrons. The van der Waals surface area contributed by atoms with Crippen molar-refractivity contribution in [1.82, 2.24) is 14.9 Å². The molecular formula is C17H23N3O. The lowest BCUT2D eigenvalue weighted by molar-refractivity contribution is 0.475. The van der Waals surface area contributed by atoms with Crippen LogP contribution in [0.3, 0.4) is 0 Å². The van der Waals surface area contributed by atoms with Crippen LogP contribution in [0.5, 0.6) is 0 Å². The summed E-state index contributed by atoms with van der Waals surface area (Å²) in [6, 6.07) is 8.08. The number of aromatic nitrogens is 2. The number of rotatable bonds is 4. The van der Waals surface area contributed by atoms with Crippen molar-refractivity contribution in [3.63, 3.8) is 0 Å². The number of benzene rings is 1. The van der Waals surface area contributed by atoms with Crippen LogP contribution >= 0.6 is 0 Å². The van der Waals surface area contributed by atoms with Gasteiger partial charge in [0.25, 0.3) is 5.56 Å². The largest absolute Gasteiger partial charge is 0.312 e. The van der Waals surface area contributed by atoms with Crippen molar-refractivity contribution in [1.29, 1.82) is 0 Å². The van der Waals surface area contributed by atoms with Gasteiger partial charge in [0.05, 0.1) is 6.04 Å². The van der Waals surface area contributed by atoms with Gasteiger partial charge in [-0.05, 0) is 45.9 Å². The summed E-state index contributed by atoms with van der Waals surface area (Å²) in [5.41, 5.74) is 4.47. The fraction of sp³-hybridized carbons (Fsp3) is 0.412. The van der Waals surface area contributed by atoms with E-state index in [0.717, 1.165) is 11.5 Å². The molecule has 0 saturated carbocycles. The van der Waals surface area contributed by atoms with Crippen LogP contribution in [0, 0.1) is 27.7 Å². The molecular weight excluding hydrogens is 262 g/mol. The number of nitrogens with one attached hydrogen (secondary N) is 1. The van der Waals surface area contributed by atoms with E-state index in [1.807, 2.05) is 20.9 Å². The van der Waals surface area contributed by atoms with E-state index in [-0.39, 0.29) is 11.6 Å². The molecule has 2 aromatic rings. The molecule has 4 nitrogen and oxygen atoms in total. The second-order valence-electron chi connectivity index (χ2n) is 5.59. The molecule has 0 bridgehead atoms. The Kier molecular flexibility index (Phi) is 4.58. The summed E-state index contributed by atoms with van der Waals surface area (Å²) in [6.07, 6.45) is 0. The zero-order chi connectivity index (χ0) is 15.6. The lowest BCUT2D eigenvalue weighted by Crippen LogP contribution is -2.31. The van der Waals surface area contributed by atoms with Crippen molar-refractivity contribution in [2.45, 2.75) is 40.3 Å². The van der Waals surface area contributed by atoms with Crippen molar-refractivity contribution in [3.8, 4) is 0 Å². The van der Waals surface area contributed by atoms with Crippen LogP contribution in [0.4, 0.5) is 0 Å². The average Bonchev–Trinajstić information content (AvgIpc) is 2.39. The van der Waals surface area contributed by atoms with Gasteiger partial charge >= 0.3 is 0 Å². The summed E-state index contributed by atoms with van der Waals surface area (Å²) in [5.74, 6) is 0.755. The second kappa shape index (κ2) is 6.22. The Morgan fingerprint density at radius 3 is 2.48 bits per heavy atom. The Labute approximate surface area is 125 Å². The molecule has 2 rings (SSSR count). The summed E-state index contributed by atoms with van der Waals surface area (Å²) < 4.78 is 1.73. The minimum atomic E-state index is 0.00464. The lowest BCUT2D eigenvalue weighted by atomic mass is 9.99. The molecule has 1 aromatic heterocycles. The van der Waals surface area contributed by atoms with Crippen LogP contribution in [0.15, 0.2) is 29.1 Å². The van der Waals surface area contributed by atoms with E-state index >= 15 is 0 Å². The first kappa shape index (κ1) is 15.4. The van der Waals surface area contributed by atoms with Crippen LogP contribution in [0.2, 0.25) is 0 Å². The van der Waals surface area contributed by atoms with Crippen molar-refractivity contribution >= 4 is 0 Å². The van der Waals surface area contributed by atoms with Crippen molar-refractivity contribution in [3.05, 3.63) is 62.8 Å². The fourth-order valence-electron chi connectivity index (χ4n) is 2.73. The molecule has 1 atom stereocenters. The zero-order valence-electron chi connectivity index (χ0n) is 13.4. The molecule has 112 valence electrons. The van der Waals surface area contributed by atoms with Crippen molar-refractivity contribution < 1.29 is 0 Å². The first-order chi connectivity index (χ1) is 9.92. The van der Waals surface area contributed by atoms with Crippen LogP contribution in [-0.4, -0.2) is 16.6 Å². The summed E-state index contributed by atoms with van der Waals surface area (Å²) in [7, 11) is 1.92. The maximum atomic E-state index is 12.2. The first-order valence-corrected chi connectivity index (χ1v) is 7.22. The van der Waals surface area contributed by atoms with E-state index in [0.29, 0.717) is 6.54 Å². The highest BCUT2D eigenvalue weighted by atomic mass is 16.1. The third-order valence-electron chi connectivity index (χ3n) is 3.84. The maximum Gasteiger partial charge on any atom is 0.253 e.